The molecule has 4 unspecified atom stereocenters. The first-order valence-corrected chi connectivity index (χ1v) is 15.4. The van der Waals surface area contributed by atoms with Crippen molar-refractivity contribution in [2.75, 3.05) is 0 Å². The molecule has 2 aromatic heterocycles. The Hall–Kier alpha value is -4.26. The Kier molecular flexibility index (Phi) is 8.30. The molecule has 0 saturated carbocycles. The fraction of sp³-hybridized carbons (Fsp3) is 0.297. The van der Waals surface area contributed by atoms with Crippen LogP contribution in [0, 0.1) is 0 Å². The lowest BCUT2D eigenvalue weighted by atomic mass is 9.94. The number of nitrogens with one attached hydrogen (secondary N) is 2. The van der Waals surface area contributed by atoms with Crippen LogP contribution in [0.3, 0.4) is 0 Å². The lowest BCUT2D eigenvalue weighted by Gasteiger charge is -2.13. The molecule has 6 heterocycles. The lowest BCUT2D eigenvalue weighted by molar-refractivity contribution is 0.304. The fourth-order valence-electron chi connectivity index (χ4n) is 6.60. The molecule has 6 heteroatoms. The number of para-hydroxylation sites is 1. The Morgan fingerprint density at radius 3 is 1.70 bits per heavy atom. The zero-order chi connectivity index (χ0) is 28.8. The number of fused-ring (bicyclic) bond motifs is 4. The molecule has 2 N–H and O–H groups in total. The SMILES string of the molecule is C1=C(Cc2cncc(OCc3ccccc3)c2)C2CCC1N2.C1=C(Cc2cncc(Oc3ccccc3)c2)C2CCC1N2. The molecule has 2 fully saturated rings. The summed E-state index contributed by atoms with van der Waals surface area (Å²) in [5.74, 6) is 2.49. The molecule has 8 rings (SSSR count). The van der Waals surface area contributed by atoms with Crippen LogP contribution in [-0.4, -0.2) is 34.1 Å². The Morgan fingerprint density at radius 2 is 1.14 bits per heavy atom. The van der Waals surface area contributed by atoms with Crippen LogP contribution in [0.15, 0.2) is 121 Å². The average molecular weight is 571 g/mol. The van der Waals surface area contributed by atoms with Crippen LogP contribution in [0.1, 0.15) is 42.4 Å². The van der Waals surface area contributed by atoms with E-state index < -0.39 is 0 Å². The van der Waals surface area contributed by atoms with E-state index in [1.54, 1.807) is 12.4 Å². The molecule has 218 valence electrons. The van der Waals surface area contributed by atoms with Crippen molar-refractivity contribution in [1.29, 1.82) is 0 Å². The van der Waals surface area contributed by atoms with Crippen LogP contribution in [0.4, 0.5) is 0 Å². The van der Waals surface area contributed by atoms with Crippen LogP contribution in [0.5, 0.6) is 17.2 Å². The van der Waals surface area contributed by atoms with E-state index in [-0.39, 0.29) is 0 Å². The van der Waals surface area contributed by atoms with Crippen molar-refractivity contribution >= 4 is 0 Å². The van der Waals surface area contributed by atoms with Crippen molar-refractivity contribution in [3.8, 4) is 17.2 Å². The van der Waals surface area contributed by atoms with E-state index in [9.17, 15) is 0 Å². The number of aromatic nitrogens is 2. The first kappa shape index (κ1) is 27.6. The van der Waals surface area contributed by atoms with E-state index in [1.807, 2.05) is 60.9 Å². The van der Waals surface area contributed by atoms with Crippen molar-refractivity contribution in [3.05, 3.63) is 138 Å². The summed E-state index contributed by atoms with van der Waals surface area (Å²) in [6, 6.07) is 26.6. The minimum atomic E-state index is 0.577. The summed E-state index contributed by atoms with van der Waals surface area (Å²) in [4.78, 5) is 8.64. The summed E-state index contributed by atoms with van der Waals surface area (Å²) in [7, 11) is 0. The summed E-state index contributed by atoms with van der Waals surface area (Å²) in [6.45, 7) is 0.584. The Morgan fingerprint density at radius 1 is 0.581 bits per heavy atom. The van der Waals surface area contributed by atoms with Crippen molar-refractivity contribution in [3.63, 3.8) is 0 Å². The van der Waals surface area contributed by atoms with Crippen molar-refractivity contribution in [2.24, 2.45) is 0 Å². The standard InChI is InChI=1S/C19H20N2O.C18H18N2O/c1-2-4-14(5-3-1)13-22-18-9-15(11-20-12-18)8-16-10-17-6-7-19(16)21-17;1-2-4-16(5-3-1)21-17-9-13(11-19-12-17)8-14-10-15-6-7-18(14)20-15/h1-5,9-12,17,19,21H,6-8,13H2;1-5,9-12,15,18,20H,6-8H2. The minimum Gasteiger partial charge on any atom is -0.487 e. The van der Waals surface area contributed by atoms with Crippen molar-refractivity contribution < 1.29 is 9.47 Å². The molecule has 0 amide bonds. The predicted molar refractivity (Wildman–Crippen MR) is 169 cm³/mol. The highest BCUT2D eigenvalue weighted by Crippen LogP contribution is 2.31. The van der Waals surface area contributed by atoms with Gasteiger partial charge in [0.25, 0.3) is 0 Å². The van der Waals surface area contributed by atoms with Gasteiger partial charge in [-0.1, -0.05) is 71.8 Å². The van der Waals surface area contributed by atoms with Gasteiger partial charge in [0.15, 0.2) is 0 Å². The topological polar surface area (TPSA) is 68.3 Å². The van der Waals surface area contributed by atoms with Gasteiger partial charge in [-0.25, -0.2) is 0 Å². The molecule has 0 aliphatic carbocycles. The maximum Gasteiger partial charge on any atom is 0.145 e. The molecular formula is C37H38N4O2. The monoisotopic (exact) mass is 570 g/mol. The highest BCUT2D eigenvalue weighted by atomic mass is 16.5. The van der Waals surface area contributed by atoms with Gasteiger partial charge in [0.05, 0.1) is 12.4 Å². The second-order valence-electron chi connectivity index (χ2n) is 11.9. The third-order valence-corrected chi connectivity index (χ3v) is 8.67. The quantitative estimate of drug-likeness (QED) is 0.217. The molecule has 0 radical (unpaired) electrons. The molecule has 4 aromatic rings. The number of pyridine rings is 2. The first-order valence-electron chi connectivity index (χ1n) is 15.4. The predicted octanol–water partition coefficient (Wildman–Crippen LogP) is 6.74. The number of benzene rings is 2. The molecule has 6 nitrogen and oxygen atoms in total. The Balaban J connectivity index is 0.000000140. The Bertz CT molecular complexity index is 1590. The van der Waals surface area contributed by atoms with Gasteiger partial charge in [-0.15, -0.1) is 0 Å². The number of nitrogens with zero attached hydrogens (tertiary/aromatic N) is 2. The molecular weight excluding hydrogens is 532 g/mol. The maximum atomic E-state index is 5.86. The van der Waals surface area contributed by atoms with Gasteiger partial charge in [-0.05, 0) is 79.5 Å². The van der Waals surface area contributed by atoms with E-state index in [2.05, 4.69) is 57.0 Å². The molecule has 0 spiro atoms. The second kappa shape index (κ2) is 12.9. The van der Waals surface area contributed by atoms with Crippen LogP contribution in [-0.2, 0) is 19.4 Å². The summed E-state index contributed by atoms with van der Waals surface area (Å²) >= 11 is 0. The number of ether oxygens (including phenoxy) is 2. The molecule has 2 saturated heterocycles. The smallest absolute Gasteiger partial charge is 0.145 e. The summed E-state index contributed by atoms with van der Waals surface area (Å²) in [5.41, 5.74) is 6.63. The molecule has 43 heavy (non-hydrogen) atoms. The van der Waals surface area contributed by atoms with Gasteiger partial charge >= 0.3 is 0 Å². The van der Waals surface area contributed by atoms with Crippen LogP contribution in [0.2, 0.25) is 0 Å². The van der Waals surface area contributed by atoms with Gasteiger partial charge in [-0.2, -0.15) is 0 Å². The van der Waals surface area contributed by atoms with E-state index in [1.165, 1.54) is 53.5 Å². The van der Waals surface area contributed by atoms with Gasteiger partial charge in [0.2, 0.25) is 0 Å². The number of hydrogen-bond acceptors (Lipinski definition) is 6. The molecule has 4 bridgehead atoms. The highest BCUT2D eigenvalue weighted by molar-refractivity contribution is 5.36. The van der Waals surface area contributed by atoms with Crippen molar-refractivity contribution in [1.82, 2.24) is 20.6 Å². The number of hydrogen-bond donors (Lipinski definition) is 2. The lowest BCUT2D eigenvalue weighted by Crippen LogP contribution is -2.22. The number of rotatable bonds is 9. The summed E-state index contributed by atoms with van der Waals surface area (Å²) < 4.78 is 11.7. The third-order valence-electron chi connectivity index (χ3n) is 8.67. The van der Waals surface area contributed by atoms with Gasteiger partial charge in [0, 0.05) is 36.6 Å². The normalized spacial score (nSPS) is 22.9. The van der Waals surface area contributed by atoms with E-state index >= 15 is 0 Å². The van der Waals surface area contributed by atoms with Crippen molar-refractivity contribution in [2.45, 2.75) is 69.3 Å². The Labute approximate surface area is 253 Å². The van der Waals surface area contributed by atoms with Crippen LogP contribution in [0.25, 0.3) is 0 Å². The van der Waals surface area contributed by atoms with Gasteiger partial charge in [-0.3, -0.25) is 9.97 Å². The minimum absolute atomic E-state index is 0.577. The fourth-order valence-corrected chi connectivity index (χ4v) is 6.60. The molecule has 4 aliphatic rings. The van der Waals surface area contributed by atoms with Crippen LogP contribution >= 0.6 is 0 Å². The van der Waals surface area contributed by atoms with E-state index in [4.69, 9.17) is 9.47 Å². The van der Waals surface area contributed by atoms with Crippen LogP contribution < -0.4 is 20.1 Å². The van der Waals surface area contributed by atoms with E-state index in [0.29, 0.717) is 30.8 Å². The maximum absolute atomic E-state index is 5.86. The molecule has 4 atom stereocenters. The average Bonchev–Trinajstić information content (AvgIpc) is 3.86. The van der Waals surface area contributed by atoms with E-state index in [0.717, 1.165) is 30.1 Å². The third kappa shape index (κ3) is 7.04. The summed E-state index contributed by atoms with van der Waals surface area (Å²) in [6.07, 6.45) is 19.3. The zero-order valence-electron chi connectivity index (χ0n) is 24.4. The molecule has 2 aromatic carbocycles. The molecule has 4 aliphatic heterocycles. The highest BCUT2D eigenvalue weighted by Gasteiger charge is 2.32. The summed E-state index contributed by atoms with van der Waals surface area (Å²) in [5, 5.41) is 7.22. The van der Waals surface area contributed by atoms with Gasteiger partial charge in [0.1, 0.15) is 23.9 Å². The van der Waals surface area contributed by atoms with Gasteiger partial charge < -0.3 is 20.1 Å². The first-order chi connectivity index (χ1) is 21.2. The zero-order valence-corrected chi connectivity index (χ0v) is 24.4. The second-order valence-corrected chi connectivity index (χ2v) is 11.9. The largest absolute Gasteiger partial charge is 0.487 e.